The molecule has 0 unspecified atom stereocenters. The van der Waals surface area contributed by atoms with E-state index in [4.69, 9.17) is 15.1 Å². The van der Waals surface area contributed by atoms with Gasteiger partial charge in [0.1, 0.15) is 0 Å². The van der Waals surface area contributed by atoms with Gasteiger partial charge in [-0.2, -0.15) is 0 Å². The summed E-state index contributed by atoms with van der Waals surface area (Å²) in [5, 5.41) is 25.2. The SMILES string of the molecule is [Al+3].[O-]B([O-])[O-].[Re]. The standard InChI is InChI=1S/Al.BO3.Re/c;2-1(3)4;/q+3;-3;. The van der Waals surface area contributed by atoms with Crippen molar-refractivity contribution in [1.82, 2.24) is 0 Å². The van der Waals surface area contributed by atoms with Gasteiger partial charge in [-0.1, -0.05) is 0 Å². The first-order valence-corrected chi connectivity index (χ1v) is 0.707. The fourth-order valence-corrected chi connectivity index (χ4v) is 0. The summed E-state index contributed by atoms with van der Waals surface area (Å²) in [6.07, 6.45) is 0. The second-order valence-corrected chi connectivity index (χ2v) is 0.289. The summed E-state index contributed by atoms with van der Waals surface area (Å²) in [5.41, 5.74) is 0. The summed E-state index contributed by atoms with van der Waals surface area (Å²) in [6, 6.07) is 0. The van der Waals surface area contributed by atoms with E-state index in [-0.39, 0.29) is 37.8 Å². The minimum atomic E-state index is -2.92. The second-order valence-electron chi connectivity index (χ2n) is 0.289. The second kappa shape index (κ2) is 9.46. The van der Waals surface area contributed by atoms with Crippen LogP contribution >= 0.6 is 0 Å². The van der Waals surface area contributed by atoms with Crippen LogP contribution in [0.5, 0.6) is 0 Å². The van der Waals surface area contributed by atoms with Crippen molar-refractivity contribution < 1.29 is 35.5 Å². The first kappa shape index (κ1) is 15.7. The van der Waals surface area contributed by atoms with Gasteiger partial charge in [0, 0.05) is 20.4 Å². The Bertz CT molecular complexity index is 15.5. The third-order valence-corrected chi connectivity index (χ3v) is 0. The van der Waals surface area contributed by atoms with Gasteiger partial charge in [0.15, 0.2) is 0 Å². The summed E-state index contributed by atoms with van der Waals surface area (Å²) in [7, 11) is -2.92. The molecule has 0 spiro atoms. The summed E-state index contributed by atoms with van der Waals surface area (Å²) >= 11 is 0. The van der Waals surface area contributed by atoms with E-state index in [2.05, 4.69) is 0 Å². The van der Waals surface area contributed by atoms with E-state index >= 15 is 0 Å². The molecule has 0 aliphatic rings. The topological polar surface area (TPSA) is 69.2 Å². The molecule has 6 heavy (non-hydrogen) atoms. The molecule has 0 saturated heterocycles. The summed E-state index contributed by atoms with van der Waals surface area (Å²) in [4.78, 5) is 0. The van der Waals surface area contributed by atoms with Crippen LogP contribution < -0.4 is 15.1 Å². The van der Waals surface area contributed by atoms with Crippen molar-refractivity contribution in [1.29, 1.82) is 0 Å². The zero-order chi connectivity index (χ0) is 3.58. The molecule has 0 aliphatic carbocycles. The van der Waals surface area contributed by atoms with Gasteiger partial charge in [-0.05, 0) is 0 Å². The quantitative estimate of drug-likeness (QED) is 0.419. The zero-order valence-corrected chi connectivity index (χ0v) is 6.63. The van der Waals surface area contributed by atoms with Crippen molar-refractivity contribution >= 4 is 24.7 Å². The first-order valence-electron chi connectivity index (χ1n) is 0.707. The molecule has 0 rings (SSSR count). The minimum Gasteiger partial charge on any atom is -0.907 e. The molecule has 0 heterocycles. The number of rotatable bonds is 0. The third kappa shape index (κ3) is 67.8. The van der Waals surface area contributed by atoms with Crippen LogP contribution in [0.25, 0.3) is 0 Å². The average Bonchev–Trinajstić information content (AvgIpc) is 0.811. The van der Waals surface area contributed by atoms with Crippen LogP contribution in [-0.2, 0) is 20.4 Å². The molecule has 0 atom stereocenters. The van der Waals surface area contributed by atoms with E-state index in [0.29, 0.717) is 0 Å². The van der Waals surface area contributed by atoms with Crippen LogP contribution in [-0.4, -0.2) is 24.7 Å². The molecule has 0 aromatic carbocycles. The van der Waals surface area contributed by atoms with Crippen LogP contribution in [0.1, 0.15) is 0 Å². The van der Waals surface area contributed by atoms with Gasteiger partial charge in [-0.25, -0.2) is 0 Å². The van der Waals surface area contributed by atoms with Crippen molar-refractivity contribution in [2.45, 2.75) is 0 Å². The van der Waals surface area contributed by atoms with Crippen molar-refractivity contribution in [2.24, 2.45) is 0 Å². The largest absolute Gasteiger partial charge is 3.00 e. The fourth-order valence-electron chi connectivity index (χ4n) is 0. The van der Waals surface area contributed by atoms with E-state index in [1.165, 1.54) is 0 Å². The number of hydrogen-bond donors (Lipinski definition) is 0. The molecule has 0 amide bonds. The van der Waals surface area contributed by atoms with Crippen molar-refractivity contribution in [3.8, 4) is 0 Å². The van der Waals surface area contributed by atoms with Crippen molar-refractivity contribution in [3.05, 3.63) is 0 Å². The van der Waals surface area contributed by atoms with Crippen molar-refractivity contribution in [3.63, 3.8) is 0 Å². The average molecular weight is 272 g/mol. The molecule has 0 aromatic heterocycles. The summed E-state index contributed by atoms with van der Waals surface area (Å²) < 4.78 is 0. The number of hydrogen-bond acceptors (Lipinski definition) is 3. The van der Waals surface area contributed by atoms with Crippen LogP contribution in [0.2, 0.25) is 0 Å². The Morgan fingerprint density at radius 1 is 1.00 bits per heavy atom. The van der Waals surface area contributed by atoms with Crippen LogP contribution in [0.3, 0.4) is 0 Å². The molecule has 0 aliphatic heterocycles. The maximum absolute atomic E-state index is 8.42. The Hall–Kier alpha value is 1.14. The normalized spacial score (nSPS) is 4.50. The predicted molar refractivity (Wildman–Crippen MR) is 11.5 cm³/mol. The fraction of sp³-hybridized carbons (Fsp3) is 0. The Morgan fingerprint density at radius 3 is 1.00 bits per heavy atom. The van der Waals surface area contributed by atoms with E-state index in [1.54, 1.807) is 0 Å². The molecular formula is AlBO3Re. The van der Waals surface area contributed by atoms with Crippen molar-refractivity contribution in [2.75, 3.05) is 0 Å². The van der Waals surface area contributed by atoms with E-state index < -0.39 is 7.32 Å². The minimum absolute atomic E-state index is 0. The Morgan fingerprint density at radius 2 is 1.00 bits per heavy atom. The molecule has 0 bridgehead atoms. The molecule has 0 N–H and O–H groups in total. The van der Waals surface area contributed by atoms with Gasteiger partial charge < -0.3 is 15.1 Å². The maximum Gasteiger partial charge on any atom is 3.00 e. The van der Waals surface area contributed by atoms with E-state index in [0.717, 1.165) is 0 Å². The summed E-state index contributed by atoms with van der Waals surface area (Å²) in [6.45, 7) is 0. The molecule has 0 fully saturated rings. The van der Waals surface area contributed by atoms with Gasteiger partial charge in [0.2, 0.25) is 0 Å². The smallest absolute Gasteiger partial charge is 0.907 e. The molecule has 0 aromatic rings. The van der Waals surface area contributed by atoms with Gasteiger partial charge in [0.25, 0.3) is 0 Å². The van der Waals surface area contributed by atoms with Crippen LogP contribution in [0, 0.1) is 0 Å². The third-order valence-electron chi connectivity index (χ3n) is 0. The Balaban J connectivity index is -0.0000000450. The maximum atomic E-state index is 8.42. The molecule has 0 saturated carbocycles. The van der Waals surface area contributed by atoms with E-state index in [9.17, 15) is 0 Å². The molecule has 1 radical (unpaired) electrons. The Labute approximate surface area is 60.3 Å². The monoisotopic (exact) mass is 273 g/mol. The zero-order valence-electron chi connectivity index (χ0n) is 2.76. The molecule has 3 nitrogen and oxygen atoms in total. The first-order chi connectivity index (χ1) is 1.73. The van der Waals surface area contributed by atoms with Crippen LogP contribution in [0.15, 0.2) is 0 Å². The Kier molecular flexibility index (Phi) is 24.8. The van der Waals surface area contributed by atoms with Gasteiger partial charge in [-0.15, -0.1) is 0 Å². The molecule has 6 heteroatoms. The molecule has 31 valence electrons. The predicted octanol–water partition coefficient (Wildman–Crippen LogP) is -4.33. The van der Waals surface area contributed by atoms with Gasteiger partial charge >= 0.3 is 17.4 Å². The van der Waals surface area contributed by atoms with Gasteiger partial charge in [-0.3, -0.25) is 7.32 Å². The summed E-state index contributed by atoms with van der Waals surface area (Å²) in [5.74, 6) is 0. The molecular weight excluding hydrogens is 272 g/mol. The van der Waals surface area contributed by atoms with Gasteiger partial charge in [0.05, 0.1) is 0 Å². The van der Waals surface area contributed by atoms with Crippen LogP contribution in [0.4, 0.5) is 0 Å². The van der Waals surface area contributed by atoms with E-state index in [1.807, 2.05) is 0 Å².